The van der Waals surface area contributed by atoms with Crippen molar-refractivity contribution in [2.75, 3.05) is 37.4 Å². The Morgan fingerprint density at radius 1 is 1.20 bits per heavy atom. The lowest BCUT2D eigenvalue weighted by Crippen LogP contribution is -2.28. The third-order valence-corrected chi connectivity index (χ3v) is 6.77. The summed E-state index contributed by atoms with van der Waals surface area (Å²) in [6.45, 7) is 1.40. The summed E-state index contributed by atoms with van der Waals surface area (Å²) >= 11 is 14.8. The van der Waals surface area contributed by atoms with Crippen molar-refractivity contribution in [3.63, 3.8) is 0 Å². The number of hydrogen-bond acceptors (Lipinski definition) is 7. The largest absolute Gasteiger partial charge is 0.372 e. The molecule has 2 aromatic carbocycles. The van der Waals surface area contributed by atoms with E-state index < -0.39 is 5.82 Å². The summed E-state index contributed by atoms with van der Waals surface area (Å²) in [6.07, 6.45) is 1.68. The number of rotatable bonds is 9. The molecular formula is C19H21Cl2F2N5S2. The van der Waals surface area contributed by atoms with E-state index in [2.05, 4.69) is 20.7 Å². The van der Waals surface area contributed by atoms with Crippen molar-refractivity contribution in [1.82, 2.24) is 15.4 Å². The van der Waals surface area contributed by atoms with Gasteiger partial charge in [-0.1, -0.05) is 35.0 Å². The second kappa shape index (κ2) is 10.8. The summed E-state index contributed by atoms with van der Waals surface area (Å²) in [5.41, 5.74) is 1.51. The third-order valence-electron chi connectivity index (χ3n) is 4.21. The van der Waals surface area contributed by atoms with Gasteiger partial charge >= 0.3 is 0 Å². The highest BCUT2D eigenvalue weighted by atomic mass is 35.5. The fourth-order valence-electron chi connectivity index (χ4n) is 2.67. The standard InChI is InChI=1S/C19H21Cl2F2N5S2/c1-24-5-6-28(2)16-7-11(22)3-4-14(16)26-15-9-13(23)17(8-12(15)20)30-27-19-25-10-18(21)29-19/h3-4,7-10,19,24-27H,5-6H2,1-2H3. The van der Waals surface area contributed by atoms with Crippen LogP contribution in [0.25, 0.3) is 0 Å². The highest BCUT2D eigenvalue weighted by Crippen LogP contribution is 2.36. The molecule has 0 aromatic heterocycles. The van der Waals surface area contributed by atoms with Gasteiger partial charge in [-0.05, 0) is 43.3 Å². The number of thioether (sulfide) groups is 1. The molecule has 2 aromatic rings. The van der Waals surface area contributed by atoms with Crippen LogP contribution in [0.15, 0.2) is 45.8 Å². The molecule has 1 aliphatic heterocycles. The Bertz CT molecular complexity index is 932. The van der Waals surface area contributed by atoms with E-state index in [4.69, 9.17) is 23.2 Å². The summed E-state index contributed by atoms with van der Waals surface area (Å²) in [5, 5.41) is 9.55. The maximum atomic E-state index is 14.7. The molecule has 1 aliphatic rings. The van der Waals surface area contributed by atoms with Crippen LogP contribution in [0.5, 0.6) is 0 Å². The van der Waals surface area contributed by atoms with E-state index in [0.29, 0.717) is 37.9 Å². The zero-order chi connectivity index (χ0) is 21.7. The van der Waals surface area contributed by atoms with Crippen molar-refractivity contribution in [3.8, 4) is 0 Å². The highest BCUT2D eigenvalue weighted by molar-refractivity contribution is 8.06. The third kappa shape index (κ3) is 6.09. The summed E-state index contributed by atoms with van der Waals surface area (Å²) in [6, 6.07) is 7.26. The Morgan fingerprint density at radius 2 is 2.00 bits per heavy atom. The zero-order valence-electron chi connectivity index (χ0n) is 16.2. The van der Waals surface area contributed by atoms with Crippen molar-refractivity contribution in [1.29, 1.82) is 0 Å². The van der Waals surface area contributed by atoms with Crippen LogP contribution < -0.4 is 25.6 Å². The van der Waals surface area contributed by atoms with Gasteiger partial charge in [-0.3, -0.25) is 0 Å². The van der Waals surface area contributed by atoms with Crippen molar-refractivity contribution in [2.24, 2.45) is 0 Å². The normalized spacial score (nSPS) is 15.7. The molecule has 5 nitrogen and oxygen atoms in total. The van der Waals surface area contributed by atoms with Crippen LogP contribution >= 0.6 is 46.9 Å². The molecule has 0 bridgehead atoms. The Hall–Kier alpha value is -1.36. The van der Waals surface area contributed by atoms with Crippen LogP contribution in [-0.2, 0) is 0 Å². The molecule has 1 unspecified atom stereocenters. The van der Waals surface area contributed by atoms with Gasteiger partial charge in [0.1, 0.15) is 17.1 Å². The SMILES string of the molecule is CNCCN(C)c1cc(F)ccc1Nc1cc(F)c(SNC2NC=C(Cl)S2)cc1Cl. The monoisotopic (exact) mass is 491 g/mol. The molecule has 3 rings (SSSR count). The second-order valence-electron chi connectivity index (χ2n) is 6.41. The Balaban J connectivity index is 1.75. The summed E-state index contributed by atoms with van der Waals surface area (Å²) in [4.78, 5) is 2.26. The first-order valence-corrected chi connectivity index (χ1v) is 11.4. The summed E-state index contributed by atoms with van der Waals surface area (Å²) in [7, 11) is 3.71. The first kappa shape index (κ1) is 23.3. The summed E-state index contributed by atoms with van der Waals surface area (Å²) in [5.74, 6) is -0.788. The van der Waals surface area contributed by atoms with E-state index in [1.54, 1.807) is 18.3 Å². The first-order chi connectivity index (χ1) is 14.4. The minimum atomic E-state index is -0.436. The molecule has 4 N–H and O–H groups in total. The van der Waals surface area contributed by atoms with Crippen molar-refractivity contribution in [2.45, 2.75) is 10.4 Å². The lowest BCUT2D eigenvalue weighted by Gasteiger charge is -2.23. The van der Waals surface area contributed by atoms with Gasteiger partial charge in [0.2, 0.25) is 0 Å². The lowest BCUT2D eigenvalue weighted by molar-refractivity contribution is 0.601. The van der Waals surface area contributed by atoms with E-state index in [1.807, 2.05) is 19.0 Å². The molecule has 11 heteroatoms. The average molecular weight is 492 g/mol. The van der Waals surface area contributed by atoms with Crippen LogP contribution in [-0.4, -0.2) is 32.7 Å². The molecule has 0 spiro atoms. The zero-order valence-corrected chi connectivity index (χ0v) is 19.4. The van der Waals surface area contributed by atoms with Crippen molar-refractivity contribution < 1.29 is 8.78 Å². The molecular weight excluding hydrogens is 471 g/mol. The number of anilines is 3. The molecule has 0 fully saturated rings. The minimum Gasteiger partial charge on any atom is -0.372 e. The molecule has 162 valence electrons. The molecule has 0 saturated carbocycles. The van der Waals surface area contributed by atoms with E-state index in [9.17, 15) is 8.78 Å². The Kier molecular flexibility index (Phi) is 8.38. The molecule has 0 radical (unpaired) electrons. The van der Waals surface area contributed by atoms with Gasteiger partial charge in [0, 0.05) is 32.4 Å². The molecule has 30 heavy (non-hydrogen) atoms. The molecule has 0 aliphatic carbocycles. The van der Waals surface area contributed by atoms with E-state index in [-0.39, 0.29) is 11.3 Å². The first-order valence-electron chi connectivity index (χ1n) is 8.99. The summed E-state index contributed by atoms with van der Waals surface area (Å²) < 4.78 is 32.2. The predicted octanol–water partition coefficient (Wildman–Crippen LogP) is 5.27. The quantitative estimate of drug-likeness (QED) is 0.356. The Labute approximate surface area is 193 Å². The number of hydrogen-bond donors (Lipinski definition) is 4. The van der Waals surface area contributed by atoms with Gasteiger partial charge in [-0.2, -0.15) is 0 Å². The van der Waals surface area contributed by atoms with Crippen LogP contribution in [0.3, 0.4) is 0 Å². The number of benzene rings is 2. The van der Waals surface area contributed by atoms with Crippen molar-refractivity contribution >= 4 is 64.0 Å². The molecule has 0 saturated heterocycles. The van der Waals surface area contributed by atoms with Crippen molar-refractivity contribution in [3.05, 3.63) is 57.6 Å². The highest BCUT2D eigenvalue weighted by Gasteiger charge is 2.18. The van der Waals surface area contributed by atoms with Gasteiger partial charge in [0.05, 0.1) is 31.3 Å². The smallest absolute Gasteiger partial charge is 0.140 e. The van der Waals surface area contributed by atoms with Gasteiger partial charge in [0.25, 0.3) is 0 Å². The second-order valence-corrected chi connectivity index (χ2v) is 9.47. The van der Waals surface area contributed by atoms with E-state index >= 15 is 0 Å². The van der Waals surface area contributed by atoms with Crippen LogP contribution in [0.2, 0.25) is 5.02 Å². The maximum Gasteiger partial charge on any atom is 0.140 e. The fraction of sp³-hybridized carbons (Fsp3) is 0.263. The van der Waals surface area contributed by atoms with E-state index in [1.165, 1.54) is 30.0 Å². The van der Waals surface area contributed by atoms with Gasteiger partial charge in [-0.25, -0.2) is 13.5 Å². The number of likely N-dealkylation sites (N-methyl/N-ethyl adjacent to an activating group) is 2. The Morgan fingerprint density at radius 3 is 2.70 bits per heavy atom. The predicted molar refractivity (Wildman–Crippen MR) is 126 cm³/mol. The fourth-order valence-corrected chi connectivity index (χ4v) is 4.75. The molecule has 1 atom stereocenters. The minimum absolute atomic E-state index is 0.159. The van der Waals surface area contributed by atoms with Gasteiger partial charge < -0.3 is 20.9 Å². The lowest BCUT2D eigenvalue weighted by atomic mass is 10.2. The van der Waals surface area contributed by atoms with Gasteiger partial charge in [-0.15, -0.1) is 0 Å². The van der Waals surface area contributed by atoms with Crippen LogP contribution in [0.1, 0.15) is 0 Å². The average Bonchev–Trinajstić information content (AvgIpc) is 3.14. The van der Waals surface area contributed by atoms with Crippen LogP contribution in [0, 0.1) is 11.6 Å². The van der Waals surface area contributed by atoms with Gasteiger partial charge in [0.15, 0.2) is 0 Å². The number of nitrogens with zero attached hydrogens (tertiary/aromatic N) is 1. The number of halogens is 4. The maximum absolute atomic E-state index is 14.7. The number of nitrogens with one attached hydrogen (secondary N) is 4. The topological polar surface area (TPSA) is 51.4 Å². The molecule has 0 amide bonds. The molecule has 1 heterocycles. The van der Waals surface area contributed by atoms with E-state index in [0.717, 1.165) is 18.5 Å². The van der Waals surface area contributed by atoms with Crippen LogP contribution in [0.4, 0.5) is 25.8 Å².